The Labute approximate surface area is 112 Å². The molecule has 2 rings (SSSR count). The lowest BCUT2D eigenvalue weighted by Crippen LogP contribution is -2.35. The van der Waals surface area contributed by atoms with Crippen molar-refractivity contribution in [3.05, 3.63) is 37.0 Å². The second-order valence-electron chi connectivity index (χ2n) is 4.31. The van der Waals surface area contributed by atoms with Crippen molar-refractivity contribution in [1.29, 1.82) is 0 Å². The van der Waals surface area contributed by atoms with Crippen molar-refractivity contribution in [3.8, 4) is 5.75 Å². The van der Waals surface area contributed by atoms with Crippen molar-refractivity contribution in [2.45, 2.75) is 6.92 Å². The van der Waals surface area contributed by atoms with Gasteiger partial charge >= 0.3 is 0 Å². The Hall–Kier alpha value is -2.15. The number of carbonyl (C=O) groups is 1. The van der Waals surface area contributed by atoms with Gasteiger partial charge in [-0.1, -0.05) is 0 Å². The number of carbonyl (C=O) groups excluding carboxylic acids is 1. The third kappa shape index (κ3) is 2.01. The molecule has 0 saturated heterocycles. The van der Waals surface area contributed by atoms with Crippen LogP contribution in [-0.4, -0.2) is 30.0 Å². The summed E-state index contributed by atoms with van der Waals surface area (Å²) in [6, 6.07) is 0. The van der Waals surface area contributed by atoms with Crippen molar-refractivity contribution < 1.29 is 9.90 Å². The molecular formula is C12H12N2O4S. The molecule has 0 aliphatic heterocycles. The van der Waals surface area contributed by atoms with E-state index in [0.717, 1.165) is 11.3 Å². The predicted octanol–water partition coefficient (Wildman–Crippen LogP) is 0.804. The zero-order valence-corrected chi connectivity index (χ0v) is 11.4. The second kappa shape index (κ2) is 4.51. The Kier molecular flexibility index (Phi) is 3.15. The molecule has 100 valence electrons. The Morgan fingerprint density at radius 1 is 1.32 bits per heavy atom. The van der Waals surface area contributed by atoms with Crippen LogP contribution >= 0.6 is 11.3 Å². The Bertz CT molecular complexity index is 723. The van der Waals surface area contributed by atoms with Gasteiger partial charge in [0.2, 0.25) is 10.9 Å². The smallest absolute Gasteiger partial charge is 0.258 e. The first-order valence-corrected chi connectivity index (χ1v) is 6.31. The summed E-state index contributed by atoms with van der Waals surface area (Å²) in [7, 11) is 3.15. The van der Waals surface area contributed by atoms with Crippen LogP contribution in [0.5, 0.6) is 5.75 Å². The first-order chi connectivity index (χ1) is 8.84. The summed E-state index contributed by atoms with van der Waals surface area (Å²) in [5, 5.41) is 14.4. The first-order valence-electron chi connectivity index (χ1n) is 5.43. The number of hydrogen-bond acceptors (Lipinski definition) is 6. The van der Waals surface area contributed by atoms with Crippen LogP contribution in [0.4, 0.5) is 10.7 Å². The molecule has 0 unspecified atom stereocenters. The molecule has 1 heterocycles. The number of nitrogens with one attached hydrogen (secondary N) is 1. The average molecular weight is 280 g/mol. The summed E-state index contributed by atoms with van der Waals surface area (Å²) in [5.41, 5.74) is -0.466. The third-order valence-electron chi connectivity index (χ3n) is 2.79. The minimum Gasteiger partial charge on any atom is -0.504 e. The Morgan fingerprint density at radius 2 is 1.95 bits per heavy atom. The van der Waals surface area contributed by atoms with E-state index in [2.05, 4.69) is 5.32 Å². The lowest BCUT2D eigenvalue weighted by molar-refractivity contribution is 0.0825. The molecule has 6 nitrogen and oxygen atoms in total. The van der Waals surface area contributed by atoms with Crippen molar-refractivity contribution in [3.63, 3.8) is 0 Å². The number of hydrogen-bond donors (Lipinski definition) is 2. The fourth-order valence-electron chi connectivity index (χ4n) is 1.60. The van der Waals surface area contributed by atoms with Crippen LogP contribution in [-0.2, 0) is 0 Å². The fourth-order valence-corrected chi connectivity index (χ4v) is 2.43. The van der Waals surface area contributed by atoms with E-state index in [4.69, 9.17) is 0 Å². The van der Waals surface area contributed by atoms with E-state index in [9.17, 15) is 19.5 Å². The van der Waals surface area contributed by atoms with Crippen molar-refractivity contribution in [2.75, 3.05) is 19.4 Å². The number of amides is 1. The van der Waals surface area contributed by atoms with E-state index >= 15 is 0 Å². The summed E-state index contributed by atoms with van der Waals surface area (Å²) >= 11 is 1.10. The number of rotatable bonds is 3. The average Bonchev–Trinajstić information content (AvgIpc) is 2.75. The normalized spacial score (nSPS) is 10.7. The van der Waals surface area contributed by atoms with E-state index in [0.29, 0.717) is 5.56 Å². The molecule has 1 aromatic carbocycles. The highest BCUT2D eigenvalue weighted by Gasteiger charge is 2.22. The highest BCUT2D eigenvalue weighted by atomic mass is 32.1. The zero-order valence-electron chi connectivity index (χ0n) is 10.6. The van der Waals surface area contributed by atoms with E-state index in [1.165, 1.54) is 17.2 Å². The number of aromatic hydroxyl groups is 1. The van der Waals surface area contributed by atoms with Crippen LogP contribution in [0, 0.1) is 6.92 Å². The topological polar surface area (TPSA) is 86.7 Å². The molecule has 2 N–H and O–H groups in total. The molecule has 0 spiro atoms. The maximum atomic E-state index is 11.7. The molecule has 0 fully saturated rings. The number of thiophene rings is 1. The van der Waals surface area contributed by atoms with Crippen LogP contribution in [0.1, 0.15) is 15.9 Å². The first kappa shape index (κ1) is 13.3. The lowest BCUT2D eigenvalue weighted by Gasteiger charge is -2.10. The summed E-state index contributed by atoms with van der Waals surface area (Å²) < 4.78 is 0. The molecule has 2 aromatic rings. The van der Waals surface area contributed by atoms with Gasteiger partial charge in [-0.3, -0.25) is 14.4 Å². The van der Waals surface area contributed by atoms with Crippen LogP contribution in [0.15, 0.2) is 15.0 Å². The van der Waals surface area contributed by atoms with Gasteiger partial charge in [0.25, 0.3) is 5.91 Å². The minimum atomic E-state index is -0.606. The van der Waals surface area contributed by atoms with Crippen LogP contribution < -0.4 is 16.2 Å². The maximum Gasteiger partial charge on any atom is 0.258 e. The van der Waals surface area contributed by atoms with Crippen molar-refractivity contribution >= 4 is 27.9 Å². The molecule has 1 aromatic heterocycles. The van der Waals surface area contributed by atoms with Crippen molar-refractivity contribution in [2.24, 2.45) is 0 Å². The monoisotopic (exact) mass is 280 g/mol. The molecular weight excluding hydrogens is 268 g/mol. The van der Waals surface area contributed by atoms with Crippen LogP contribution in [0.3, 0.4) is 0 Å². The standard InChI is InChI=1S/C12H12N2O4S/c1-5-7(10(17)8(5)15)13-11-9(16)6(4-19-11)12(18)14(2)3/h4,13,16H,1-3H3. The fraction of sp³-hybridized carbons (Fsp3) is 0.250. The van der Waals surface area contributed by atoms with Gasteiger partial charge in [-0.05, 0) is 6.92 Å². The van der Waals surface area contributed by atoms with Gasteiger partial charge in [-0.2, -0.15) is 0 Å². The van der Waals surface area contributed by atoms with Gasteiger partial charge in [-0.15, -0.1) is 11.3 Å². The van der Waals surface area contributed by atoms with Gasteiger partial charge in [0.1, 0.15) is 5.00 Å². The molecule has 1 amide bonds. The summed E-state index contributed by atoms with van der Waals surface area (Å²) in [6.07, 6.45) is 0. The number of nitrogens with zero attached hydrogens (tertiary/aromatic N) is 1. The Morgan fingerprint density at radius 3 is 2.47 bits per heavy atom. The molecule has 0 aliphatic rings. The third-order valence-corrected chi connectivity index (χ3v) is 3.67. The van der Waals surface area contributed by atoms with E-state index < -0.39 is 10.9 Å². The van der Waals surface area contributed by atoms with Crippen LogP contribution in [0.2, 0.25) is 0 Å². The number of anilines is 2. The highest BCUT2D eigenvalue weighted by molar-refractivity contribution is 7.15. The van der Waals surface area contributed by atoms with Gasteiger partial charge in [-0.25, -0.2) is 0 Å². The summed E-state index contributed by atoms with van der Waals surface area (Å²) in [5.74, 6) is -0.542. The molecule has 0 saturated carbocycles. The predicted molar refractivity (Wildman–Crippen MR) is 73.4 cm³/mol. The molecule has 0 aliphatic carbocycles. The van der Waals surface area contributed by atoms with Gasteiger partial charge in [0.05, 0.1) is 11.3 Å². The lowest BCUT2D eigenvalue weighted by atomic mass is 10.1. The Balaban J connectivity index is 2.32. The highest BCUT2D eigenvalue weighted by Crippen LogP contribution is 2.37. The zero-order chi connectivity index (χ0) is 14.3. The maximum absolute atomic E-state index is 11.7. The molecule has 7 heteroatoms. The SMILES string of the molecule is Cc1c(Nc2scc(C(=O)N(C)C)c2O)c(=O)c1=O. The van der Waals surface area contributed by atoms with Crippen LogP contribution in [0.25, 0.3) is 0 Å². The van der Waals surface area contributed by atoms with E-state index in [1.807, 2.05) is 0 Å². The quantitative estimate of drug-likeness (QED) is 0.812. The van der Waals surface area contributed by atoms with Gasteiger partial charge < -0.3 is 15.3 Å². The summed E-state index contributed by atoms with van der Waals surface area (Å²) in [4.78, 5) is 35.5. The summed E-state index contributed by atoms with van der Waals surface area (Å²) in [6.45, 7) is 1.53. The van der Waals surface area contributed by atoms with E-state index in [-0.39, 0.29) is 27.9 Å². The molecule has 19 heavy (non-hydrogen) atoms. The van der Waals surface area contributed by atoms with E-state index in [1.54, 1.807) is 14.1 Å². The largest absolute Gasteiger partial charge is 0.504 e. The second-order valence-corrected chi connectivity index (χ2v) is 5.19. The minimum absolute atomic E-state index is 0.161. The molecule has 0 bridgehead atoms. The van der Waals surface area contributed by atoms with Crippen molar-refractivity contribution in [1.82, 2.24) is 4.90 Å². The van der Waals surface area contributed by atoms with Gasteiger partial charge in [0, 0.05) is 25.0 Å². The van der Waals surface area contributed by atoms with Gasteiger partial charge in [0.15, 0.2) is 5.75 Å². The molecule has 0 radical (unpaired) electrons. The molecule has 0 atom stereocenters.